The lowest BCUT2D eigenvalue weighted by Crippen LogP contribution is -2.40. The number of aryl methyl sites for hydroxylation is 1. The van der Waals surface area contributed by atoms with Crippen LogP contribution in [0.5, 0.6) is 11.8 Å². The molecule has 1 N–H and O–H groups in total. The minimum absolute atomic E-state index is 0.113. The molecule has 1 aromatic heterocycles. The van der Waals surface area contributed by atoms with Gasteiger partial charge in [-0.2, -0.15) is 0 Å². The van der Waals surface area contributed by atoms with Crippen molar-refractivity contribution in [3.8, 4) is 11.8 Å². The van der Waals surface area contributed by atoms with Crippen molar-refractivity contribution < 1.29 is 27.1 Å². The van der Waals surface area contributed by atoms with E-state index in [0.29, 0.717) is 11.1 Å². The highest BCUT2D eigenvalue weighted by Gasteiger charge is 2.27. The fraction of sp³-hybridized carbons (Fsp3) is 0.438. The molecule has 0 aliphatic rings. The van der Waals surface area contributed by atoms with E-state index < -0.39 is 28.4 Å². The topological polar surface area (TPSA) is 122 Å². The van der Waals surface area contributed by atoms with Crippen molar-refractivity contribution in [1.82, 2.24) is 19.1 Å². The zero-order valence-electron chi connectivity index (χ0n) is 15.6. The Balaban J connectivity index is 2.35. The summed E-state index contributed by atoms with van der Waals surface area (Å²) in [6.45, 7) is 2.44. The third kappa shape index (κ3) is 4.50. The Hall–Kier alpha value is -2.89. The fourth-order valence-electron chi connectivity index (χ4n) is 2.31. The zero-order chi connectivity index (χ0) is 20.9. The van der Waals surface area contributed by atoms with Gasteiger partial charge in [-0.15, -0.1) is 9.78 Å². The molecule has 0 atom stereocenters. The molecule has 1 heterocycles. The van der Waals surface area contributed by atoms with Crippen molar-refractivity contribution in [2.75, 3.05) is 19.9 Å². The molecule has 0 spiro atoms. The Morgan fingerprint density at radius 3 is 2.64 bits per heavy atom. The third-order valence-electron chi connectivity index (χ3n) is 3.57. The van der Waals surface area contributed by atoms with E-state index in [2.05, 4.69) is 5.10 Å². The van der Waals surface area contributed by atoms with E-state index >= 15 is 0 Å². The maximum Gasteiger partial charge on any atom is 0.360 e. The molecule has 0 saturated carbocycles. The molecule has 1 amide bonds. The third-order valence-corrected chi connectivity index (χ3v) is 5.07. The Labute approximate surface area is 160 Å². The number of halogens is 1. The molecule has 28 heavy (non-hydrogen) atoms. The van der Waals surface area contributed by atoms with Crippen LogP contribution >= 0.6 is 0 Å². The summed E-state index contributed by atoms with van der Waals surface area (Å²) in [4.78, 5) is 24.2. The molecule has 0 radical (unpaired) electrons. The van der Waals surface area contributed by atoms with Crippen LogP contribution in [0, 0.1) is 6.92 Å². The van der Waals surface area contributed by atoms with Gasteiger partial charge in [0.25, 0.3) is 10.0 Å². The van der Waals surface area contributed by atoms with Crippen LogP contribution in [-0.2, 0) is 17.1 Å². The first-order valence-corrected chi connectivity index (χ1v) is 9.85. The molecule has 2 aromatic rings. The van der Waals surface area contributed by atoms with Crippen LogP contribution in [0.4, 0.5) is 9.18 Å². The highest BCUT2D eigenvalue weighted by Crippen LogP contribution is 2.27. The van der Waals surface area contributed by atoms with Gasteiger partial charge in [-0.1, -0.05) is 19.1 Å². The average Bonchev–Trinajstić information content (AvgIpc) is 2.92. The fourth-order valence-corrected chi connectivity index (χ4v) is 3.61. The molecular weight excluding hydrogens is 395 g/mol. The van der Waals surface area contributed by atoms with Gasteiger partial charge in [-0.05, 0) is 25.0 Å². The Morgan fingerprint density at radius 1 is 1.29 bits per heavy atom. The maximum atomic E-state index is 12.7. The summed E-state index contributed by atoms with van der Waals surface area (Å²) in [5, 5.41) is 3.71. The zero-order valence-corrected chi connectivity index (χ0v) is 16.5. The number of carbonyl (C=O) groups excluding carboxylic acids is 1. The minimum atomic E-state index is -4.43. The summed E-state index contributed by atoms with van der Waals surface area (Å²) in [5.74, 6) is -0.113. The van der Waals surface area contributed by atoms with Crippen LogP contribution in [0.25, 0.3) is 0 Å². The van der Waals surface area contributed by atoms with Gasteiger partial charge in [-0.25, -0.2) is 31.7 Å². The van der Waals surface area contributed by atoms with Crippen molar-refractivity contribution in [2.24, 2.45) is 7.05 Å². The number of hydrogen-bond acceptors (Lipinski definition) is 7. The number of nitrogens with zero attached hydrogens (tertiary/aromatic N) is 3. The number of rotatable bonds is 8. The van der Waals surface area contributed by atoms with E-state index in [9.17, 15) is 22.4 Å². The molecule has 2 rings (SSSR count). The molecule has 0 unspecified atom stereocenters. The molecule has 12 heteroatoms. The summed E-state index contributed by atoms with van der Waals surface area (Å²) < 4.78 is 51.3. The second-order valence-corrected chi connectivity index (χ2v) is 7.35. The predicted molar refractivity (Wildman–Crippen MR) is 97.0 cm³/mol. The summed E-state index contributed by atoms with van der Waals surface area (Å²) in [6.07, 6.45) is 0.649. The van der Waals surface area contributed by atoms with Gasteiger partial charge in [0.05, 0.1) is 6.61 Å². The maximum absolute atomic E-state index is 12.7. The van der Waals surface area contributed by atoms with E-state index in [1.807, 2.05) is 6.92 Å². The SMILES string of the molecule is CCCOc1nn(C(=O)NS(=O)(=O)c2c(C)cccc2OCCF)c(=O)n1C. The second kappa shape index (κ2) is 8.87. The normalized spacial score (nSPS) is 11.3. The van der Waals surface area contributed by atoms with Gasteiger partial charge in [0.1, 0.15) is 23.9 Å². The first-order chi connectivity index (χ1) is 13.2. The number of hydrogen-bond donors (Lipinski definition) is 1. The number of aromatic nitrogens is 3. The van der Waals surface area contributed by atoms with E-state index in [0.717, 1.165) is 4.57 Å². The summed E-state index contributed by atoms with van der Waals surface area (Å²) >= 11 is 0. The Kier molecular flexibility index (Phi) is 6.78. The van der Waals surface area contributed by atoms with Crippen molar-refractivity contribution >= 4 is 16.1 Å². The first kappa shape index (κ1) is 21.4. The Morgan fingerprint density at radius 2 is 2.00 bits per heavy atom. The predicted octanol–water partition coefficient (Wildman–Crippen LogP) is 0.974. The number of ether oxygens (including phenoxy) is 2. The minimum Gasteiger partial charge on any atom is -0.489 e. The van der Waals surface area contributed by atoms with E-state index in [-0.39, 0.29) is 35.4 Å². The molecule has 0 fully saturated rings. The van der Waals surface area contributed by atoms with Gasteiger partial charge >= 0.3 is 17.7 Å². The van der Waals surface area contributed by atoms with E-state index in [1.165, 1.54) is 32.2 Å². The lowest BCUT2D eigenvalue weighted by Gasteiger charge is -2.13. The standard InChI is InChI=1S/C16H21FN4O6S/c1-4-9-27-15-18-21(16(23)20(15)3)14(22)19-28(24,25)13-11(2)6-5-7-12(13)26-10-8-17/h5-7H,4,8-10H2,1-3H3,(H,19,22). The monoisotopic (exact) mass is 416 g/mol. The Bertz CT molecular complexity index is 1010. The van der Waals surface area contributed by atoms with Crippen LogP contribution in [0.2, 0.25) is 0 Å². The molecule has 0 saturated heterocycles. The van der Waals surface area contributed by atoms with Crippen LogP contribution in [0.1, 0.15) is 18.9 Å². The number of nitrogens with one attached hydrogen (secondary N) is 1. The summed E-state index contributed by atoms with van der Waals surface area (Å²) in [6, 6.07) is 2.95. The molecule has 0 aliphatic carbocycles. The quantitative estimate of drug-likeness (QED) is 0.681. The second-order valence-electron chi connectivity index (χ2n) is 5.73. The average molecular weight is 416 g/mol. The summed E-state index contributed by atoms with van der Waals surface area (Å²) in [7, 11) is -3.10. The lowest BCUT2D eigenvalue weighted by molar-refractivity contribution is 0.242. The largest absolute Gasteiger partial charge is 0.489 e. The number of sulfonamides is 1. The highest BCUT2D eigenvalue weighted by atomic mass is 32.2. The van der Waals surface area contributed by atoms with Gasteiger partial charge < -0.3 is 9.47 Å². The van der Waals surface area contributed by atoms with Crippen molar-refractivity contribution in [2.45, 2.75) is 25.2 Å². The molecular formula is C16H21FN4O6S. The molecule has 10 nitrogen and oxygen atoms in total. The first-order valence-electron chi connectivity index (χ1n) is 8.37. The molecule has 0 bridgehead atoms. The molecule has 154 valence electrons. The smallest absolute Gasteiger partial charge is 0.360 e. The number of carbonyl (C=O) groups is 1. The van der Waals surface area contributed by atoms with E-state index in [4.69, 9.17) is 9.47 Å². The van der Waals surface area contributed by atoms with Crippen LogP contribution in [-0.4, -0.2) is 48.7 Å². The molecule has 0 aliphatic heterocycles. The van der Waals surface area contributed by atoms with Gasteiger partial charge in [0.15, 0.2) is 0 Å². The van der Waals surface area contributed by atoms with Gasteiger partial charge in [0, 0.05) is 7.05 Å². The lowest BCUT2D eigenvalue weighted by atomic mass is 10.2. The van der Waals surface area contributed by atoms with Crippen molar-refractivity contribution in [3.05, 3.63) is 34.2 Å². The molecule has 1 aromatic carbocycles. The van der Waals surface area contributed by atoms with Crippen molar-refractivity contribution in [1.29, 1.82) is 0 Å². The van der Waals surface area contributed by atoms with Crippen LogP contribution < -0.4 is 19.9 Å². The van der Waals surface area contributed by atoms with E-state index in [1.54, 1.807) is 4.72 Å². The van der Waals surface area contributed by atoms with Crippen molar-refractivity contribution in [3.63, 3.8) is 0 Å². The van der Waals surface area contributed by atoms with Gasteiger partial charge in [0.2, 0.25) is 0 Å². The number of alkyl halides is 1. The number of amides is 1. The summed E-state index contributed by atoms with van der Waals surface area (Å²) in [5.41, 5.74) is -0.602. The van der Waals surface area contributed by atoms with Crippen LogP contribution in [0.15, 0.2) is 27.9 Å². The number of benzene rings is 1. The van der Waals surface area contributed by atoms with Crippen LogP contribution in [0.3, 0.4) is 0 Å². The van der Waals surface area contributed by atoms with Gasteiger partial charge in [-0.3, -0.25) is 0 Å². The highest BCUT2D eigenvalue weighted by molar-refractivity contribution is 7.90.